The molecular formula is C19H34FIN4O. The molecular weight excluding hydrogens is 446 g/mol. The van der Waals surface area contributed by atoms with E-state index in [4.69, 9.17) is 5.11 Å². The van der Waals surface area contributed by atoms with Crippen LogP contribution in [0.15, 0.2) is 23.2 Å². The van der Waals surface area contributed by atoms with Crippen LogP contribution in [0.4, 0.5) is 4.39 Å². The van der Waals surface area contributed by atoms with Crippen molar-refractivity contribution in [1.29, 1.82) is 0 Å². The molecule has 0 radical (unpaired) electrons. The maximum atomic E-state index is 13.4. The lowest BCUT2D eigenvalue weighted by Crippen LogP contribution is -2.42. The summed E-state index contributed by atoms with van der Waals surface area (Å²) in [5.74, 6) is 0.348. The van der Waals surface area contributed by atoms with Crippen molar-refractivity contribution in [3.8, 4) is 0 Å². The fraction of sp³-hybridized carbons (Fsp3) is 0.632. The molecule has 0 bridgehead atoms. The third-order valence-electron chi connectivity index (χ3n) is 4.35. The van der Waals surface area contributed by atoms with Crippen LogP contribution >= 0.6 is 24.0 Å². The average Bonchev–Trinajstić information content (AvgIpc) is 2.63. The van der Waals surface area contributed by atoms with Gasteiger partial charge in [-0.2, -0.15) is 0 Å². The van der Waals surface area contributed by atoms with E-state index in [1.165, 1.54) is 6.07 Å². The number of hydrogen-bond donors (Lipinski definition) is 3. The number of hydrogen-bond acceptors (Lipinski definition) is 3. The van der Waals surface area contributed by atoms with Crippen molar-refractivity contribution in [3.63, 3.8) is 0 Å². The summed E-state index contributed by atoms with van der Waals surface area (Å²) in [6.07, 6.45) is 2.22. The van der Waals surface area contributed by atoms with Gasteiger partial charge in [-0.05, 0) is 57.1 Å². The first kappa shape index (κ1) is 25.1. The van der Waals surface area contributed by atoms with E-state index in [1.807, 2.05) is 0 Å². The average molecular weight is 480 g/mol. The number of nitrogens with zero attached hydrogens (tertiary/aromatic N) is 2. The van der Waals surface area contributed by atoms with Gasteiger partial charge in [0.05, 0.1) is 6.61 Å². The molecule has 7 heteroatoms. The normalized spacial score (nSPS) is 12.7. The molecule has 3 N–H and O–H groups in total. The summed E-state index contributed by atoms with van der Waals surface area (Å²) >= 11 is 0. The molecule has 5 nitrogen and oxygen atoms in total. The molecule has 1 atom stereocenters. The van der Waals surface area contributed by atoms with E-state index in [1.54, 1.807) is 19.2 Å². The van der Waals surface area contributed by atoms with Crippen LogP contribution in [0.25, 0.3) is 0 Å². The molecule has 0 spiro atoms. The molecule has 0 saturated heterocycles. The first-order chi connectivity index (χ1) is 12.0. The van der Waals surface area contributed by atoms with Crippen LogP contribution in [-0.2, 0) is 13.2 Å². The standard InChI is InChI=1S/C19H33FN4O.HI/c1-5-24(6-2)11-7-8-15(3)23-19(21-4)22-13-16-9-10-18(20)17(12-16)14-25;/h9-10,12,15,25H,5-8,11,13-14H2,1-4H3,(H2,21,22,23);1H. The monoisotopic (exact) mass is 480 g/mol. The predicted molar refractivity (Wildman–Crippen MR) is 118 cm³/mol. The number of rotatable bonds is 10. The highest BCUT2D eigenvalue weighted by Gasteiger charge is 2.07. The van der Waals surface area contributed by atoms with Gasteiger partial charge in [0.1, 0.15) is 5.82 Å². The Morgan fingerprint density at radius 3 is 2.58 bits per heavy atom. The minimum Gasteiger partial charge on any atom is -0.392 e. The summed E-state index contributed by atoms with van der Waals surface area (Å²) in [6, 6.07) is 5.09. The number of aliphatic imine (C=N–C) groups is 1. The van der Waals surface area contributed by atoms with Crippen LogP contribution in [0, 0.1) is 5.82 Å². The zero-order chi connectivity index (χ0) is 18.7. The lowest BCUT2D eigenvalue weighted by atomic mass is 10.1. The Morgan fingerprint density at radius 2 is 2.00 bits per heavy atom. The Hall–Kier alpha value is -0.930. The Kier molecular flexibility index (Phi) is 13.7. The number of aliphatic hydroxyl groups is 1. The highest BCUT2D eigenvalue weighted by Crippen LogP contribution is 2.10. The number of aliphatic hydroxyl groups excluding tert-OH is 1. The number of nitrogens with one attached hydrogen (secondary N) is 2. The quantitative estimate of drug-likeness (QED) is 0.274. The Labute approximate surface area is 174 Å². The number of halogens is 2. The molecule has 0 heterocycles. The second kappa shape index (κ2) is 14.2. The maximum Gasteiger partial charge on any atom is 0.191 e. The topological polar surface area (TPSA) is 59.9 Å². The van der Waals surface area contributed by atoms with Gasteiger partial charge < -0.3 is 20.6 Å². The van der Waals surface area contributed by atoms with E-state index in [9.17, 15) is 4.39 Å². The first-order valence-electron chi connectivity index (χ1n) is 9.11. The molecule has 26 heavy (non-hydrogen) atoms. The Bertz CT molecular complexity index is 538. The van der Waals surface area contributed by atoms with E-state index < -0.39 is 0 Å². The van der Waals surface area contributed by atoms with Crippen molar-refractivity contribution in [2.75, 3.05) is 26.7 Å². The summed E-state index contributed by atoms with van der Waals surface area (Å²) in [4.78, 5) is 6.66. The highest BCUT2D eigenvalue weighted by molar-refractivity contribution is 14.0. The molecule has 0 aliphatic rings. The van der Waals surface area contributed by atoms with Gasteiger partial charge in [0.15, 0.2) is 5.96 Å². The van der Waals surface area contributed by atoms with Crippen molar-refractivity contribution in [2.45, 2.75) is 52.8 Å². The van der Waals surface area contributed by atoms with Crippen molar-refractivity contribution in [2.24, 2.45) is 4.99 Å². The number of guanidine groups is 1. The summed E-state index contributed by atoms with van der Waals surface area (Å²) in [5, 5.41) is 15.8. The van der Waals surface area contributed by atoms with Crippen molar-refractivity contribution in [1.82, 2.24) is 15.5 Å². The van der Waals surface area contributed by atoms with Gasteiger partial charge in [0.25, 0.3) is 0 Å². The first-order valence-corrected chi connectivity index (χ1v) is 9.11. The van der Waals surface area contributed by atoms with Crippen LogP contribution in [-0.4, -0.2) is 48.7 Å². The third kappa shape index (κ3) is 9.14. The molecule has 1 unspecified atom stereocenters. The SMILES string of the molecule is CCN(CC)CCCC(C)NC(=NC)NCc1ccc(F)c(CO)c1.I. The van der Waals surface area contributed by atoms with Crippen molar-refractivity contribution in [3.05, 3.63) is 35.1 Å². The molecule has 1 aromatic rings. The second-order valence-corrected chi connectivity index (χ2v) is 6.22. The minimum atomic E-state index is -0.379. The van der Waals surface area contributed by atoms with Gasteiger partial charge in [0.2, 0.25) is 0 Å². The van der Waals surface area contributed by atoms with Crippen LogP contribution in [0.1, 0.15) is 44.7 Å². The van der Waals surface area contributed by atoms with Gasteiger partial charge in [-0.25, -0.2) is 4.39 Å². The molecule has 1 rings (SSSR count). The second-order valence-electron chi connectivity index (χ2n) is 6.22. The molecule has 0 amide bonds. The summed E-state index contributed by atoms with van der Waals surface area (Å²) < 4.78 is 13.4. The predicted octanol–water partition coefficient (Wildman–Crippen LogP) is 3.11. The van der Waals surface area contributed by atoms with E-state index in [0.717, 1.165) is 44.0 Å². The van der Waals surface area contributed by atoms with E-state index in [-0.39, 0.29) is 36.4 Å². The van der Waals surface area contributed by atoms with E-state index in [0.29, 0.717) is 18.2 Å². The Balaban J connectivity index is 0.00000625. The molecule has 1 aromatic carbocycles. The summed E-state index contributed by atoms with van der Waals surface area (Å²) in [6.45, 7) is 10.1. The molecule has 0 aliphatic carbocycles. The van der Waals surface area contributed by atoms with Gasteiger partial charge in [-0.1, -0.05) is 19.9 Å². The Morgan fingerprint density at radius 1 is 1.31 bits per heavy atom. The largest absolute Gasteiger partial charge is 0.392 e. The van der Waals surface area contributed by atoms with Gasteiger partial charge in [-0.3, -0.25) is 4.99 Å². The molecule has 0 aromatic heterocycles. The maximum absolute atomic E-state index is 13.4. The van der Waals surface area contributed by atoms with Crippen LogP contribution in [0.3, 0.4) is 0 Å². The highest BCUT2D eigenvalue weighted by atomic mass is 127. The van der Waals surface area contributed by atoms with E-state index in [2.05, 4.69) is 41.3 Å². The van der Waals surface area contributed by atoms with E-state index >= 15 is 0 Å². The molecule has 0 saturated carbocycles. The van der Waals surface area contributed by atoms with Crippen molar-refractivity contribution >= 4 is 29.9 Å². The lowest BCUT2D eigenvalue weighted by Gasteiger charge is -2.21. The fourth-order valence-electron chi connectivity index (χ4n) is 2.71. The zero-order valence-corrected chi connectivity index (χ0v) is 18.7. The molecule has 0 aliphatic heterocycles. The van der Waals surface area contributed by atoms with Gasteiger partial charge in [0, 0.05) is 25.2 Å². The third-order valence-corrected chi connectivity index (χ3v) is 4.35. The van der Waals surface area contributed by atoms with Crippen LogP contribution < -0.4 is 10.6 Å². The summed E-state index contributed by atoms with van der Waals surface area (Å²) in [7, 11) is 1.74. The smallest absolute Gasteiger partial charge is 0.191 e. The molecule has 0 fully saturated rings. The van der Waals surface area contributed by atoms with Gasteiger partial charge in [-0.15, -0.1) is 24.0 Å². The minimum absolute atomic E-state index is 0. The molecule has 150 valence electrons. The fourth-order valence-corrected chi connectivity index (χ4v) is 2.71. The van der Waals surface area contributed by atoms with Crippen LogP contribution in [0.2, 0.25) is 0 Å². The summed E-state index contributed by atoms with van der Waals surface area (Å²) in [5.41, 5.74) is 1.22. The number of benzene rings is 1. The van der Waals surface area contributed by atoms with Crippen molar-refractivity contribution < 1.29 is 9.50 Å². The van der Waals surface area contributed by atoms with Gasteiger partial charge >= 0.3 is 0 Å². The zero-order valence-electron chi connectivity index (χ0n) is 16.4. The lowest BCUT2D eigenvalue weighted by molar-refractivity contribution is 0.275. The van der Waals surface area contributed by atoms with Crippen LogP contribution in [0.5, 0.6) is 0 Å².